The molecule has 0 heterocycles. The number of benzene rings is 1. The molecule has 0 spiro atoms. The van der Waals surface area contributed by atoms with Crippen LogP contribution in [0.1, 0.15) is 27.6 Å². The molecule has 0 unspecified atom stereocenters. The topological polar surface area (TPSA) is 77.3 Å². The van der Waals surface area contributed by atoms with Gasteiger partial charge in [-0.05, 0) is 13.0 Å². The number of ketones is 2. The molecule has 0 aromatic heterocycles. The fraction of sp³-hybridized carbons (Fsp3) is 0.0909. The minimum absolute atomic E-state index is 0.00398. The van der Waals surface area contributed by atoms with Gasteiger partial charge in [0.15, 0.2) is 5.78 Å². The fourth-order valence-electron chi connectivity index (χ4n) is 1.77. The van der Waals surface area contributed by atoms with Gasteiger partial charge in [0.1, 0.15) is 5.56 Å². The van der Waals surface area contributed by atoms with E-state index in [0.717, 1.165) is 0 Å². The van der Waals surface area contributed by atoms with Crippen molar-refractivity contribution in [2.75, 3.05) is 0 Å². The Morgan fingerprint density at radius 1 is 1.25 bits per heavy atom. The SMILES string of the molecule is CC=C1C(=O)c2cccc([N+](=O)[O-])c2C1=O. The number of allylic oxidation sites excluding steroid dienone is 2. The molecular weight excluding hydrogens is 210 g/mol. The highest BCUT2D eigenvalue weighted by Gasteiger charge is 2.38. The van der Waals surface area contributed by atoms with Gasteiger partial charge in [-0.2, -0.15) is 0 Å². The number of fused-ring (bicyclic) bond motifs is 1. The van der Waals surface area contributed by atoms with Crippen molar-refractivity contribution in [2.24, 2.45) is 0 Å². The summed E-state index contributed by atoms with van der Waals surface area (Å²) in [6, 6.07) is 4.06. The summed E-state index contributed by atoms with van der Waals surface area (Å²) in [7, 11) is 0. The van der Waals surface area contributed by atoms with Crippen LogP contribution in [-0.2, 0) is 0 Å². The smallest absolute Gasteiger partial charge is 0.281 e. The van der Waals surface area contributed by atoms with E-state index in [1.54, 1.807) is 6.92 Å². The second-order valence-electron chi connectivity index (χ2n) is 3.32. The molecule has 1 aliphatic carbocycles. The third-order valence-electron chi connectivity index (χ3n) is 2.49. The standard InChI is InChI=1S/C11H7NO4/c1-2-6-10(13)7-4-3-5-8(12(15)16)9(7)11(6)14/h2-5H,1H3. The molecule has 1 aromatic rings. The monoisotopic (exact) mass is 217 g/mol. The van der Waals surface area contributed by atoms with Crippen LogP contribution in [0.15, 0.2) is 29.8 Å². The minimum atomic E-state index is -0.650. The third-order valence-corrected chi connectivity index (χ3v) is 2.49. The number of nitro groups is 1. The molecule has 5 heteroatoms. The number of carbonyl (C=O) groups excluding carboxylic acids is 2. The van der Waals surface area contributed by atoms with Crippen molar-refractivity contribution in [1.29, 1.82) is 0 Å². The Morgan fingerprint density at radius 3 is 2.50 bits per heavy atom. The minimum Gasteiger partial charge on any atom is -0.288 e. The number of carbonyl (C=O) groups is 2. The zero-order valence-corrected chi connectivity index (χ0v) is 8.39. The van der Waals surface area contributed by atoms with Crippen molar-refractivity contribution < 1.29 is 14.5 Å². The van der Waals surface area contributed by atoms with Crippen LogP contribution in [0.4, 0.5) is 5.69 Å². The second-order valence-corrected chi connectivity index (χ2v) is 3.32. The number of hydrogen-bond acceptors (Lipinski definition) is 4. The van der Waals surface area contributed by atoms with Gasteiger partial charge in [-0.1, -0.05) is 12.1 Å². The van der Waals surface area contributed by atoms with Crippen LogP contribution < -0.4 is 0 Å². The summed E-state index contributed by atoms with van der Waals surface area (Å²) in [6.45, 7) is 1.56. The van der Waals surface area contributed by atoms with Gasteiger partial charge in [0.05, 0.1) is 10.5 Å². The van der Waals surface area contributed by atoms with E-state index >= 15 is 0 Å². The van der Waals surface area contributed by atoms with Crippen LogP contribution in [0.3, 0.4) is 0 Å². The Labute approximate surface area is 90.5 Å². The van der Waals surface area contributed by atoms with E-state index < -0.39 is 16.5 Å². The van der Waals surface area contributed by atoms with Crippen LogP contribution in [0.2, 0.25) is 0 Å². The number of hydrogen-bond donors (Lipinski definition) is 0. The molecule has 0 atom stereocenters. The first-order chi connectivity index (χ1) is 7.57. The van der Waals surface area contributed by atoms with E-state index in [-0.39, 0.29) is 22.4 Å². The molecule has 80 valence electrons. The predicted octanol–water partition coefficient (Wildman–Crippen LogP) is 1.92. The summed E-state index contributed by atoms with van der Waals surface area (Å²) in [5.74, 6) is -0.999. The molecule has 0 amide bonds. The Bertz CT molecular complexity index is 557. The summed E-state index contributed by atoms with van der Waals surface area (Å²) in [4.78, 5) is 33.6. The summed E-state index contributed by atoms with van der Waals surface area (Å²) in [5.41, 5.74) is -0.282. The van der Waals surface area contributed by atoms with E-state index in [1.807, 2.05) is 0 Å². The first-order valence-electron chi connectivity index (χ1n) is 4.61. The van der Waals surface area contributed by atoms with E-state index in [0.29, 0.717) is 0 Å². The average molecular weight is 217 g/mol. The van der Waals surface area contributed by atoms with E-state index in [1.165, 1.54) is 24.3 Å². The van der Waals surface area contributed by atoms with Crippen LogP contribution in [0.5, 0.6) is 0 Å². The lowest BCUT2D eigenvalue weighted by Crippen LogP contribution is -2.01. The quantitative estimate of drug-likeness (QED) is 0.311. The maximum Gasteiger partial charge on any atom is 0.281 e. The van der Waals surface area contributed by atoms with Gasteiger partial charge < -0.3 is 0 Å². The lowest BCUT2D eigenvalue weighted by Gasteiger charge is -1.96. The van der Waals surface area contributed by atoms with E-state index in [9.17, 15) is 19.7 Å². The Hall–Kier alpha value is -2.30. The van der Waals surface area contributed by atoms with Crippen LogP contribution in [0, 0.1) is 10.1 Å². The van der Waals surface area contributed by atoms with Gasteiger partial charge in [0.25, 0.3) is 5.69 Å². The third kappa shape index (κ3) is 1.18. The highest BCUT2D eigenvalue weighted by Crippen LogP contribution is 2.32. The molecule has 2 rings (SSSR count). The summed E-state index contributed by atoms with van der Waals surface area (Å²) < 4.78 is 0. The summed E-state index contributed by atoms with van der Waals surface area (Å²) >= 11 is 0. The lowest BCUT2D eigenvalue weighted by molar-refractivity contribution is -0.385. The van der Waals surface area contributed by atoms with Crippen LogP contribution in [0.25, 0.3) is 0 Å². The number of rotatable bonds is 1. The van der Waals surface area contributed by atoms with Gasteiger partial charge in [0.2, 0.25) is 5.78 Å². The van der Waals surface area contributed by atoms with Crippen molar-refractivity contribution in [2.45, 2.75) is 6.92 Å². The molecule has 0 bridgehead atoms. The van der Waals surface area contributed by atoms with Crippen molar-refractivity contribution in [3.05, 3.63) is 51.1 Å². The Morgan fingerprint density at radius 2 is 1.94 bits per heavy atom. The van der Waals surface area contributed by atoms with Crippen molar-refractivity contribution in [3.63, 3.8) is 0 Å². The number of nitrogens with zero attached hydrogens (tertiary/aromatic N) is 1. The van der Waals surface area contributed by atoms with Crippen LogP contribution >= 0.6 is 0 Å². The zero-order chi connectivity index (χ0) is 11.9. The zero-order valence-electron chi connectivity index (χ0n) is 8.39. The van der Waals surface area contributed by atoms with Gasteiger partial charge >= 0.3 is 0 Å². The highest BCUT2D eigenvalue weighted by atomic mass is 16.6. The molecule has 16 heavy (non-hydrogen) atoms. The van der Waals surface area contributed by atoms with Crippen LogP contribution in [-0.4, -0.2) is 16.5 Å². The summed E-state index contributed by atoms with van der Waals surface area (Å²) in [6.07, 6.45) is 1.38. The maximum absolute atomic E-state index is 11.8. The molecule has 5 nitrogen and oxygen atoms in total. The molecule has 1 aromatic carbocycles. The Kier molecular flexibility index (Phi) is 2.16. The predicted molar refractivity (Wildman–Crippen MR) is 55.5 cm³/mol. The molecular formula is C11H7NO4. The van der Waals surface area contributed by atoms with Gasteiger partial charge in [-0.3, -0.25) is 19.7 Å². The van der Waals surface area contributed by atoms with Crippen molar-refractivity contribution >= 4 is 17.3 Å². The molecule has 0 N–H and O–H groups in total. The second kappa shape index (κ2) is 3.37. The molecule has 0 fully saturated rings. The largest absolute Gasteiger partial charge is 0.288 e. The van der Waals surface area contributed by atoms with Gasteiger partial charge in [-0.25, -0.2) is 0 Å². The molecule has 0 saturated heterocycles. The maximum atomic E-state index is 11.8. The molecule has 0 radical (unpaired) electrons. The Balaban J connectivity index is 2.78. The fourth-order valence-corrected chi connectivity index (χ4v) is 1.77. The summed E-state index contributed by atoms with van der Waals surface area (Å²) in [5, 5.41) is 10.7. The average Bonchev–Trinajstić information content (AvgIpc) is 2.51. The highest BCUT2D eigenvalue weighted by molar-refractivity contribution is 6.40. The van der Waals surface area contributed by atoms with Crippen molar-refractivity contribution in [1.82, 2.24) is 0 Å². The molecule has 1 aliphatic rings. The number of nitro benzene ring substituents is 1. The van der Waals surface area contributed by atoms with E-state index in [2.05, 4.69) is 0 Å². The van der Waals surface area contributed by atoms with E-state index in [4.69, 9.17) is 0 Å². The van der Waals surface area contributed by atoms with Crippen molar-refractivity contribution in [3.8, 4) is 0 Å². The molecule has 0 saturated carbocycles. The molecule has 0 aliphatic heterocycles. The van der Waals surface area contributed by atoms with Gasteiger partial charge in [0, 0.05) is 11.6 Å². The first kappa shape index (κ1) is 10.2. The lowest BCUT2D eigenvalue weighted by atomic mass is 10.1. The normalized spacial score (nSPS) is 16.7. The van der Waals surface area contributed by atoms with Gasteiger partial charge in [-0.15, -0.1) is 0 Å². The first-order valence-corrected chi connectivity index (χ1v) is 4.61. The number of Topliss-reactive ketones (excluding diaryl/α,β-unsaturated/α-hetero) is 2.